The van der Waals surface area contributed by atoms with E-state index in [1.165, 1.54) is 19.1 Å². The SMILES string of the molecule is CC(C#N)C(O)c1ccc(C(F)(F)F)cc1. The van der Waals surface area contributed by atoms with E-state index < -0.39 is 23.8 Å². The quantitative estimate of drug-likeness (QED) is 0.847. The van der Waals surface area contributed by atoms with E-state index in [0.717, 1.165) is 12.1 Å². The van der Waals surface area contributed by atoms with Crippen LogP contribution < -0.4 is 0 Å². The molecule has 1 aromatic rings. The topological polar surface area (TPSA) is 44.0 Å². The molecular formula is C11H10F3NO. The molecule has 16 heavy (non-hydrogen) atoms. The molecule has 0 amide bonds. The molecule has 0 fully saturated rings. The standard InChI is InChI=1S/C11H10F3NO/c1-7(6-15)10(16)8-2-4-9(5-3-8)11(12,13)14/h2-5,7,10,16H,1H3. The lowest BCUT2D eigenvalue weighted by Crippen LogP contribution is -2.09. The van der Waals surface area contributed by atoms with Crippen LogP contribution in [0.1, 0.15) is 24.2 Å². The van der Waals surface area contributed by atoms with Gasteiger partial charge in [-0.3, -0.25) is 0 Å². The van der Waals surface area contributed by atoms with Gasteiger partial charge < -0.3 is 5.11 Å². The lowest BCUT2D eigenvalue weighted by Gasteiger charge is -2.14. The van der Waals surface area contributed by atoms with E-state index >= 15 is 0 Å². The third-order valence-electron chi connectivity index (χ3n) is 2.26. The van der Waals surface area contributed by atoms with Crippen molar-refractivity contribution in [2.45, 2.75) is 19.2 Å². The first-order valence-corrected chi connectivity index (χ1v) is 4.61. The van der Waals surface area contributed by atoms with Crippen molar-refractivity contribution in [2.75, 3.05) is 0 Å². The van der Waals surface area contributed by atoms with Crippen molar-refractivity contribution in [1.29, 1.82) is 5.26 Å². The summed E-state index contributed by atoms with van der Waals surface area (Å²) < 4.78 is 36.7. The van der Waals surface area contributed by atoms with Gasteiger partial charge in [0, 0.05) is 0 Å². The van der Waals surface area contributed by atoms with Crippen LogP contribution in [0.15, 0.2) is 24.3 Å². The van der Waals surface area contributed by atoms with Gasteiger partial charge in [0.2, 0.25) is 0 Å². The van der Waals surface area contributed by atoms with Crippen molar-refractivity contribution in [3.05, 3.63) is 35.4 Å². The Hall–Kier alpha value is -1.54. The zero-order valence-electron chi connectivity index (χ0n) is 8.49. The average Bonchev–Trinajstić information content (AvgIpc) is 2.26. The largest absolute Gasteiger partial charge is 0.416 e. The Morgan fingerprint density at radius 3 is 2.12 bits per heavy atom. The minimum atomic E-state index is -4.38. The number of rotatable bonds is 2. The summed E-state index contributed by atoms with van der Waals surface area (Å²) in [6.45, 7) is 1.50. The number of halogens is 3. The summed E-state index contributed by atoms with van der Waals surface area (Å²) in [6, 6.07) is 5.98. The number of hydrogen-bond donors (Lipinski definition) is 1. The summed E-state index contributed by atoms with van der Waals surface area (Å²) in [5.41, 5.74) is -0.463. The molecule has 0 aliphatic carbocycles. The normalized spacial score (nSPS) is 15.2. The van der Waals surface area contributed by atoms with Crippen LogP contribution in [0.4, 0.5) is 13.2 Å². The second kappa shape index (κ2) is 4.54. The Bertz CT molecular complexity index is 391. The highest BCUT2D eigenvalue weighted by molar-refractivity contribution is 5.26. The zero-order valence-corrected chi connectivity index (χ0v) is 8.49. The van der Waals surface area contributed by atoms with Crippen LogP contribution in [0.5, 0.6) is 0 Å². The Balaban J connectivity index is 2.92. The van der Waals surface area contributed by atoms with Crippen molar-refractivity contribution < 1.29 is 18.3 Å². The lowest BCUT2D eigenvalue weighted by atomic mass is 9.98. The van der Waals surface area contributed by atoms with Crippen LogP contribution in [0.25, 0.3) is 0 Å². The van der Waals surface area contributed by atoms with Gasteiger partial charge in [-0.25, -0.2) is 0 Å². The highest BCUT2D eigenvalue weighted by atomic mass is 19.4. The van der Waals surface area contributed by atoms with Gasteiger partial charge in [0.15, 0.2) is 0 Å². The van der Waals surface area contributed by atoms with Gasteiger partial charge in [-0.05, 0) is 24.6 Å². The molecule has 0 saturated carbocycles. The maximum absolute atomic E-state index is 12.2. The molecule has 86 valence electrons. The molecule has 1 rings (SSSR count). The fourth-order valence-corrected chi connectivity index (χ4v) is 1.23. The fraction of sp³-hybridized carbons (Fsp3) is 0.364. The molecule has 0 saturated heterocycles. The minimum absolute atomic E-state index is 0.307. The van der Waals surface area contributed by atoms with Crippen molar-refractivity contribution >= 4 is 0 Å². The van der Waals surface area contributed by atoms with E-state index in [1.807, 2.05) is 6.07 Å². The van der Waals surface area contributed by atoms with Crippen LogP contribution in [0.3, 0.4) is 0 Å². The molecule has 1 N–H and O–H groups in total. The minimum Gasteiger partial charge on any atom is -0.387 e. The van der Waals surface area contributed by atoms with Crippen molar-refractivity contribution in [3.8, 4) is 6.07 Å². The number of hydrogen-bond acceptors (Lipinski definition) is 2. The number of benzene rings is 1. The highest BCUT2D eigenvalue weighted by Crippen LogP contribution is 2.30. The molecular weight excluding hydrogens is 219 g/mol. The fourth-order valence-electron chi connectivity index (χ4n) is 1.23. The zero-order chi connectivity index (χ0) is 12.3. The number of nitriles is 1. The van der Waals surface area contributed by atoms with Crippen LogP contribution in [0, 0.1) is 17.2 Å². The van der Waals surface area contributed by atoms with E-state index in [-0.39, 0.29) is 0 Å². The smallest absolute Gasteiger partial charge is 0.387 e. The average molecular weight is 229 g/mol. The molecule has 1 aromatic carbocycles. The molecule has 0 aromatic heterocycles. The Morgan fingerprint density at radius 1 is 1.25 bits per heavy atom. The number of nitrogens with zero attached hydrogens (tertiary/aromatic N) is 1. The van der Waals surface area contributed by atoms with E-state index in [2.05, 4.69) is 0 Å². The van der Waals surface area contributed by atoms with Gasteiger partial charge in [0.25, 0.3) is 0 Å². The van der Waals surface area contributed by atoms with Crippen LogP contribution >= 0.6 is 0 Å². The van der Waals surface area contributed by atoms with Gasteiger partial charge in [0.1, 0.15) is 0 Å². The summed E-state index contributed by atoms with van der Waals surface area (Å²) in [7, 11) is 0. The number of aliphatic hydroxyl groups is 1. The second-order valence-electron chi connectivity index (χ2n) is 3.48. The number of aliphatic hydroxyl groups excluding tert-OH is 1. The maximum atomic E-state index is 12.2. The summed E-state index contributed by atoms with van der Waals surface area (Å²) in [5.74, 6) is -0.656. The molecule has 0 bridgehead atoms. The molecule has 2 atom stereocenters. The van der Waals surface area contributed by atoms with E-state index in [0.29, 0.717) is 5.56 Å². The van der Waals surface area contributed by atoms with Crippen LogP contribution in [-0.2, 0) is 6.18 Å². The van der Waals surface area contributed by atoms with Crippen molar-refractivity contribution in [2.24, 2.45) is 5.92 Å². The van der Waals surface area contributed by atoms with Gasteiger partial charge >= 0.3 is 6.18 Å². The molecule has 0 spiro atoms. The Morgan fingerprint density at radius 2 is 1.75 bits per heavy atom. The summed E-state index contributed by atoms with van der Waals surface area (Å²) in [5, 5.41) is 18.1. The molecule has 2 unspecified atom stereocenters. The number of alkyl halides is 3. The van der Waals surface area contributed by atoms with Gasteiger partial charge in [-0.2, -0.15) is 18.4 Å². The molecule has 0 radical (unpaired) electrons. The molecule has 0 heterocycles. The lowest BCUT2D eigenvalue weighted by molar-refractivity contribution is -0.137. The van der Waals surface area contributed by atoms with Crippen molar-refractivity contribution in [3.63, 3.8) is 0 Å². The summed E-state index contributed by atoms with van der Waals surface area (Å²) in [4.78, 5) is 0. The predicted octanol–water partition coefficient (Wildman–Crippen LogP) is 2.90. The van der Waals surface area contributed by atoms with Crippen LogP contribution in [0.2, 0.25) is 0 Å². The maximum Gasteiger partial charge on any atom is 0.416 e. The van der Waals surface area contributed by atoms with Gasteiger partial charge in [0.05, 0.1) is 23.7 Å². The third-order valence-corrected chi connectivity index (χ3v) is 2.26. The van der Waals surface area contributed by atoms with E-state index in [1.54, 1.807) is 0 Å². The Kier molecular flexibility index (Phi) is 3.55. The molecule has 2 nitrogen and oxygen atoms in total. The predicted molar refractivity (Wildman–Crippen MR) is 51.2 cm³/mol. The third kappa shape index (κ3) is 2.74. The highest BCUT2D eigenvalue weighted by Gasteiger charge is 2.30. The molecule has 0 aliphatic rings. The van der Waals surface area contributed by atoms with E-state index in [9.17, 15) is 18.3 Å². The first-order chi connectivity index (χ1) is 7.36. The van der Waals surface area contributed by atoms with Gasteiger partial charge in [-0.1, -0.05) is 12.1 Å². The first-order valence-electron chi connectivity index (χ1n) is 4.61. The summed E-state index contributed by atoms with van der Waals surface area (Å²) in [6.07, 6.45) is -5.45. The molecule has 5 heteroatoms. The van der Waals surface area contributed by atoms with Gasteiger partial charge in [-0.15, -0.1) is 0 Å². The monoisotopic (exact) mass is 229 g/mol. The van der Waals surface area contributed by atoms with E-state index in [4.69, 9.17) is 5.26 Å². The van der Waals surface area contributed by atoms with Crippen LogP contribution in [-0.4, -0.2) is 5.11 Å². The Labute approximate surface area is 90.9 Å². The molecule has 0 aliphatic heterocycles. The first kappa shape index (κ1) is 12.5. The van der Waals surface area contributed by atoms with Crippen molar-refractivity contribution in [1.82, 2.24) is 0 Å². The summed E-state index contributed by atoms with van der Waals surface area (Å²) >= 11 is 0. The second-order valence-corrected chi connectivity index (χ2v) is 3.48.